The van der Waals surface area contributed by atoms with E-state index < -0.39 is 10.3 Å². The molecule has 1 aliphatic rings. The Labute approximate surface area is 103 Å². The smallest absolute Gasteiger partial charge is 0.311 e. The molecule has 1 aromatic heterocycles. The second kappa shape index (κ2) is 4.30. The zero-order chi connectivity index (χ0) is 13.2. The van der Waals surface area contributed by atoms with Crippen LogP contribution >= 0.6 is 0 Å². The second-order valence-corrected chi connectivity index (χ2v) is 4.18. The fraction of sp³-hybridized carbons (Fsp3) is 0.364. The average Bonchev–Trinajstić information content (AvgIpc) is 3.16. The van der Waals surface area contributed by atoms with Gasteiger partial charge >= 0.3 is 5.69 Å². The maximum atomic E-state index is 10.8. The minimum atomic E-state index is -0.567. The molecule has 7 heteroatoms. The van der Waals surface area contributed by atoms with Crippen molar-refractivity contribution in [3.05, 3.63) is 27.9 Å². The van der Waals surface area contributed by atoms with Crippen LogP contribution in [0.5, 0.6) is 0 Å². The van der Waals surface area contributed by atoms with E-state index in [4.69, 9.17) is 10.5 Å². The highest BCUT2D eigenvalue weighted by molar-refractivity contribution is 5.57. The monoisotopic (exact) mass is 243 g/mol. The normalized spacial score (nSPS) is 15.2. The number of rotatable bonds is 4. The molecule has 0 unspecified atom stereocenters. The predicted octanol–water partition coefficient (Wildman–Crippen LogP) is 1.58. The molecule has 1 aromatic rings. The Balaban J connectivity index is 2.22. The Kier molecular flexibility index (Phi) is 2.82. The summed E-state index contributed by atoms with van der Waals surface area (Å²) in [6.07, 6.45) is 1.56. The van der Waals surface area contributed by atoms with Crippen molar-refractivity contribution in [3.63, 3.8) is 0 Å². The summed E-state index contributed by atoms with van der Waals surface area (Å²) < 4.78 is 0. The number of nitrogens with zero attached hydrogens (tertiary/aromatic N) is 4. The molecule has 1 saturated carbocycles. The molecule has 90 valence electrons. The minimum absolute atomic E-state index is 0.0422. The van der Waals surface area contributed by atoms with Crippen molar-refractivity contribution in [2.45, 2.75) is 12.8 Å². The Morgan fingerprint density at radius 2 is 2.22 bits per heavy atom. The quantitative estimate of drug-likeness (QED) is 0.633. The molecule has 0 saturated heterocycles. The molecule has 0 aromatic carbocycles. The van der Waals surface area contributed by atoms with E-state index >= 15 is 0 Å². The molecule has 7 nitrogen and oxygen atoms in total. The van der Waals surface area contributed by atoms with Crippen LogP contribution in [0.1, 0.15) is 18.5 Å². The first-order chi connectivity index (χ1) is 8.60. The fourth-order valence-electron chi connectivity index (χ4n) is 1.52. The molecule has 0 amide bonds. The molecule has 0 spiro atoms. The SMILES string of the molecule is N#Cc1ccc([N+](=O)[O-])c(NCC2(C#N)CC2)n1. The van der Waals surface area contributed by atoms with Crippen molar-refractivity contribution in [3.8, 4) is 12.1 Å². The number of aromatic nitrogens is 1. The number of nitro groups is 1. The van der Waals surface area contributed by atoms with E-state index in [1.54, 1.807) is 0 Å². The maximum Gasteiger partial charge on any atom is 0.311 e. The Hall–Kier alpha value is -2.67. The lowest BCUT2D eigenvalue weighted by Crippen LogP contribution is -2.15. The van der Waals surface area contributed by atoms with Crippen LogP contribution < -0.4 is 5.32 Å². The first kappa shape index (κ1) is 11.8. The van der Waals surface area contributed by atoms with Crippen LogP contribution in [0.25, 0.3) is 0 Å². The van der Waals surface area contributed by atoms with Crippen LogP contribution in [-0.4, -0.2) is 16.5 Å². The van der Waals surface area contributed by atoms with Gasteiger partial charge in [0, 0.05) is 12.6 Å². The summed E-state index contributed by atoms with van der Waals surface area (Å²) in [7, 11) is 0. The third-order valence-corrected chi connectivity index (χ3v) is 2.87. The van der Waals surface area contributed by atoms with Crippen molar-refractivity contribution in [1.29, 1.82) is 10.5 Å². The Morgan fingerprint density at radius 1 is 1.50 bits per heavy atom. The number of anilines is 1. The molecule has 0 bridgehead atoms. The fourth-order valence-corrected chi connectivity index (χ4v) is 1.52. The zero-order valence-corrected chi connectivity index (χ0v) is 9.38. The molecule has 18 heavy (non-hydrogen) atoms. The van der Waals surface area contributed by atoms with Crippen molar-refractivity contribution in [1.82, 2.24) is 4.98 Å². The van der Waals surface area contributed by atoms with E-state index in [1.165, 1.54) is 12.1 Å². The summed E-state index contributed by atoms with van der Waals surface area (Å²) in [5.41, 5.74) is -0.522. The molecular formula is C11H9N5O2. The van der Waals surface area contributed by atoms with E-state index in [1.807, 2.05) is 6.07 Å². The number of nitriles is 2. The van der Waals surface area contributed by atoms with Crippen LogP contribution in [0.15, 0.2) is 12.1 Å². The van der Waals surface area contributed by atoms with Gasteiger partial charge in [-0.2, -0.15) is 10.5 Å². The maximum absolute atomic E-state index is 10.8. The van der Waals surface area contributed by atoms with Crippen molar-refractivity contribution >= 4 is 11.5 Å². The van der Waals surface area contributed by atoms with E-state index in [-0.39, 0.29) is 17.2 Å². The molecule has 0 atom stereocenters. The van der Waals surface area contributed by atoms with Gasteiger partial charge in [-0.1, -0.05) is 0 Å². The topological polar surface area (TPSA) is 116 Å². The van der Waals surface area contributed by atoms with E-state index in [0.717, 1.165) is 12.8 Å². The highest BCUT2D eigenvalue weighted by atomic mass is 16.6. The van der Waals surface area contributed by atoms with Gasteiger partial charge in [-0.25, -0.2) is 4.98 Å². The molecule has 1 fully saturated rings. The summed E-state index contributed by atoms with van der Waals surface area (Å²) >= 11 is 0. The zero-order valence-electron chi connectivity index (χ0n) is 9.38. The molecule has 0 aliphatic heterocycles. The Bertz CT molecular complexity index is 580. The molecule has 2 rings (SSSR count). The van der Waals surface area contributed by atoms with Crippen molar-refractivity contribution < 1.29 is 4.92 Å². The lowest BCUT2D eigenvalue weighted by Gasteiger charge is -2.08. The van der Waals surface area contributed by atoms with Gasteiger partial charge in [0.2, 0.25) is 5.82 Å². The molecule has 1 N–H and O–H groups in total. The van der Waals surface area contributed by atoms with Gasteiger partial charge in [0.15, 0.2) is 0 Å². The number of hydrogen-bond acceptors (Lipinski definition) is 6. The van der Waals surface area contributed by atoms with Crippen LogP contribution in [0, 0.1) is 38.2 Å². The largest absolute Gasteiger partial charge is 0.363 e. The third-order valence-electron chi connectivity index (χ3n) is 2.87. The summed E-state index contributed by atoms with van der Waals surface area (Å²) in [6.45, 7) is 0.312. The minimum Gasteiger partial charge on any atom is -0.363 e. The van der Waals surface area contributed by atoms with Crippen LogP contribution in [0.2, 0.25) is 0 Å². The highest BCUT2D eigenvalue weighted by Gasteiger charge is 2.43. The van der Waals surface area contributed by atoms with Gasteiger partial charge in [-0.3, -0.25) is 10.1 Å². The van der Waals surface area contributed by atoms with E-state index in [9.17, 15) is 10.1 Å². The average molecular weight is 243 g/mol. The lowest BCUT2D eigenvalue weighted by molar-refractivity contribution is -0.384. The Morgan fingerprint density at radius 3 is 2.72 bits per heavy atom. The van der Waals surface area contributed by atoms with Crippen molar-refractivity contribution in [2.24, 2.45) is 5.41 Å². The second-order valence-electron chi connectivity index (χ2n) is 4.18. The van der Waals surface area contributed by atoms with Crippen LogP contribution in [-0.2, 0) is 0 Å². The summed E-state index contributed by atoms with van der Waals surface area (Å²) in [6, 6.07) is 6.52. The van der Waals surface area contributed by atoms with E-state index in [0.29, 0.717) is 6.54 Å². The van der Waals surface area contributed by atoms with Crippen LogP contribution in [0.3, 0.4) is 0 Å². The molecule has 0 radical (unpaired) electrons. The number of pyridine rings is 1. The third kappa shape index (κ3) is 2.20. The standard InChI is InChI=1S/C11H9N5O2/c12-5-8-1-2-9(16(17)18)10(15-8)14-7-11(6-13)3-4-11/h1-2H,3-4,7H2,(H,14,15). The molecular weight excluding hydrogens is 234 g/mol. The summed E-state index contributed by atoms with van der Waals surface area (Å²) in [5, 5.41) is 31.2. The highest BCUT2D eigenvalue weighted by Crippen LogP contribution is 2.45. The first-order valence-electron chi connectivity index (χ1n) is 5.31. The van der Waals surface area contributed by atoms with Gasteiger partial charge < -0.3 is 5.32 Å². The van der Waals surface area contributed by atoms with Gasteiger partial charge in [0.1, 0.15) is 11.8 Å². The van der Waals surface area contributed by atoms with Gasteiger partial charge in [-0.15, -0.1) is 0 Å². The predicted molar refractivity (Wildman–Crippen MR) is 61.4 cm³/mol. The molecule has 1 aliphatic carbocycles. The summed E-state index contributed by atoms with van der Waals surface area (Å²) in [5.74, 6) is 0.0422. The van der Waals surface area contributed by atoms with Gasteiger partial charge in [0.05, 0.1) is 16.4 Å². The lowest BCUT2D eigenvalue weighted by atomic mass is 10.1. The van der Waals surface area contributed by atoms with E-state index in [2.05, 4.69) is 16.4 Å². The first-order valence-corrected chi connectivity index (χ1v) is 5.31. The number of hydrogen-bond donors (Lipinski definition) is 1. The molecule has 1 heterocycles. The number of nitrogens with one attached hydrogen (secondary N) is 1. The van der Waals surface area contributed by atoms with Gasteiger partial charge in [-0.05, 0) is 18.9 Å². The summed E-state index contributed by atoms with van der Waals surface area (Å²) in [4.78, 5) is 14.1. The van der Waals surface area contributed by atoms with Gasteiger partial charge in [0.25, 0.3) is 0 Å². The van der Waals surface area contributed by atoms with Crippen molar-refractivity contribution in [2.75, 3.05) is 11.9 Å². The van der Waals surface area contributed by atoms with Crippen LogP contribution in [0.4, 0.5) is 11.5 Å².